The van der Waals surface area contributed by atoms with Crippen LogP contribution in [0.4, 0.5) is 0 Å². The molecule has 2 rings (SSSR count). The third kappa shape index (κ3) is 3.21. The van der Waals surface area contributed by atoms with Crippen LogP contribution in [0.1, 0.15) is 46.0 Å². The van der Waals surface area contributed by atoms with Crippen LogP contribution in [0.15, 0.2) is 0 Å². The molecule has 2 aliphatic rings. The van der Waals surface area contributed by atoms with Crippen molar-refractivity contribution >= 4 is 0 Å². The van der Waals surface area contributed by atoms with Gasteiger partial charge in [0.1, 0.15) is 0 Å². The third-order valence-electron chi connectivity index (χ3n) is 4.60. The fourth-order valence-corrected chi connectivity index (χ4v) is 3.38. The van der Waals surface area contributed by atoms with Crippen molar-refractivity contribution in [2.45, 2.75) is 52.1 Å². The number of aliphatic hydroxyl groups excluding tert-OH is 1. The van der Waals surface area contributed by atoms with Crippen molar-refractivity contribution in [1.82, 2.24) is 4.90 Å². The van der Waals surface area contributed by atoms with Gasteiger partial charge in [0.2, 0.25) is 0 Å². The van der Waals surface area contributed by atoms with E-state index in [4.69, 9.17) is 0 Å². The number of hydrogen-bond donors (Lipinski definition) is 1. The smallest absolute Gasteiger partial charge is 0.0679 e. The van der Waals surface area contributed by atoms with Crippen LogP contribution in [0.3, 0.4) is 0 Å². The highest BCUT2D eigenvalue weighted by Crippen LogP contribution is 2.33. The predicted molar refractivity (Wildman–Crippen MR) is 67.3 cm³/mol. The molecule has 1 saturated heterocycles. The Kier molecular flexibility index (Phi) is 4.26. The molecule has 1 atom stereocenters. The fourth-order valence-electron chi connectivity index (χ4n) is 3.38. The highest BCUT2D eigenvalue weighted by molar-refractivity contribution is 4.80. The van der Waals surface area contributed by atoms with Gasteiger partial charge in [0.05, 0.1) is 6.10 Å². The molecule has 0 bridgehead atoms. The Balaban J connectivity index is 1.69. The monoisotopic (exact) mass is 225 g/mol. The van der Waals surface area contributed by atoms with Gasteiger partial charge in [0.25, 0.3) is 0 Å². The van der Waals surface area contributed by atoms with Crippen LogP contribution < -0.4 is 0 Å². The van der Waals surface area contributed by atoms with Crippen LogP contribution >= 0.6 is 0 Å². The standard InChI is InChI=1S/C14H27NO/c1-11(2)13-5-3-12(4-6-13)9-15-8-7-14(16)10-15/h11-14,16H,3-10H2,1-2H3/t12-,13-,14-/m0/s1. The summed E-state index contributed by atoms with van der Waals surface area (Å²) in [6, 6.07) is 0. The zero-order valence-corrected chi connectivity index (χ0v) is 10.9. The molecule has 0 unspecified atom stereocenters. The Morgan fingerprint density at radius 3 is 2.31 bits per heavy atom. The van der Waals surface area contributed by atoms with E-state index in [0.29, 0.717) is 0 Å². The summed E-state index contributed by atoms with van der Waals surface area (Å²) < 4.78 is 0. The summed E-state index contributed by atoms with van der Waals surface area (Å²) in [4.78, 5) is 2.46. The molecule has 2 nitrogen and oxygen atoms in total. The van der Waals surface area contributed by atoms with Crippen LogP contribution in [0.25, 0.3) is 0 Å². The van der Waals surface area contributed by atoms with Gasteiger partial charge in [-0.3, -0.25) is 0 Å². The maximum atomic E-state index is 9.50. The van der Waals surface area contributed by atoms with Gasteiger partial charge in [0.15, 0.2) is 0 Å². The molecule has 0 amide bonds. The van der Waals surface area contributed by atoms with E-state index in [1.165, 1.54) is 32.2 Å². The van der Waals surface area contributed by atoms with Gasteiger partial charge in [0, 0.05) is 19.6 Å². The topological polar surface area (TPSA) is 23.5 Å². The van der Waals surface area contributed by atoms with Crippen molar-refractivity contribution in [1.29, 1.82) is 0 Å². The zero-order chi connectivity index (χ0) is 11.5. The summed E-state index contributed by atoms with van der Waals surface area (Å²) in [6.45, 7) is 8.00. The average molecular weight is 225 g/mol. The second-order valence-electron chi connectivity index (χ2n) is 6.23. The molecule has 0 aromatic rings. The lowest BCUT2D eigenvalue weighted by atomic mass is 9.77. The van der Waals surface area contributed by atoms with Gasteiger partial charge in [-0.15, -0.1) is 0 Å². The Bertz CT molecular complexity index is 209. The van der Waals surface area contributed by atoms with Crippen molar-refractivity contribution in [3.05, 3.63) is 0 Å². The summed E-state index contributed by atoms with van der Waals surface area (Å²) >= 11 is 0. The highest BCUT2D eigenvalue weighted by Gasteiger charge is 2.27. The van der Waals surface area contributed by atoms with E-state index >= 15 is 0 Å². The van der Waals surface area contributed by atoms with Gasteiger partial charge < -0.3 is 10.0 Å². The van der Waals surface area contributed by atoms with E-state index in [0.717, 1.165) is 37.3 Å². The molecular formula is C14H27NO. The molecule has 1 heterocycles. The maximum Gasteiger partial charge on any atom is 0.0679 e. The lowest BCUT2D eigenvalue weighted by molar-refractivity contribution is 0.151. The van der Waals surface area contributed by atoms with E-state index in [9.17, 15) is 5.11 Å². The molecule has 1 aliphatic carbocycles. The maximum absolute atomic E-state index is 9.50. The SMILES string of the molecule is CC(C)[C@H]1CC[C@H](CN2CC[C@H](O)C2)CC1. The second kappa shape index (κ2) is 5.50. The van der Waals surface area contributed by atoms with Gasteiger partial charge >= 0.3 is 0 Å². The Morgan fingerprint density at radius 1 is 1.12 bits per heavy atom. The fraction of sp³-hybridized carbons (Fsp3) is 1.00. The summed E-state index contributed by atoms with van der Waals surface area (Å²) in [5.74, 6) is 2.75. The minimum atomic E-state index is -0.0491. The second-order valence-corrected chi connectivity index (χ2v) is 6.23. The lowest BCUT2D eigenvalue weighted by Crippen LogP contribution is -2.31. The number of aliphatic hydroxyl groups is 1. The molecule has 1 aliphatic heterocycles. The molecule has 2 heteroatoms. The third-order valence-corrected chi connectivity index (χ3v) is 4.60. The van der Waals surface area contributed by atoms with Crippen LogP contribution in [0, 0.1) is 17.8 Å². The number of likely N-dealkylation sites (tertiary alicyclic amines) is 1. The Labute approximate surface area is 100 Å². The predicted octanol–water partition coefficient (Wildman–Crippen LogP) is 2.52. The van der Waals surface area contributed by atoms with Crippen molar-refractivity contribution in [2.24, 2.45) is 17.8 Å². The van der Waals surface area contributed by atoms with Gasteiger partial charge in [-0.1, -0.05) is 13.8 Å². The number of β-amino-alcohol motifs (C(OH)–C–C–N with tert-alkyl or cyclic N) is 1. The Hall–Kier alpha value is -0.0800. The highest BCUT2D eigenvalue weighted by atomic mass is 16.3. The summed E-state index contributed by atoms with van der Waals surface area (Å²) in [5.41, 5.74) is 0. The lowest BCUT2D eigenvalue weighted by Gasteiger charge is -2.32. The quantitative estimate of drug-likeness (QED) is 0.798. The zero-order valence-electron chi connectivity index (χ0n) is 10.9. The van der Waals surface area contributed by atoms with E-state index < -0.39 is 0 Å². The van der Waals surface area contributed by atoms with Gasteiger partial charge in [-0.25, -0.2) is 0 Å². The van der Waals surface area contributed by atoms with Crippen LogP contribution in [-0.4, -0.2) is 35.7 Å². The van der Waals surface area contributed by atoms with Crippen LogP contribution in [0.2, 0.25) is 0 Å². The van der Waals surface area contributed by atoms with E-state index in [-0.39, 0.29) is 6.10 Å². The number of hydrogen-bond acceptors (Lipinski definition) is 2. The summed E-state index contributed by atoms with van der Waals surface area (Å²) in [7, 11) is 0. The van der Waals surface area contributed by atoms with E-state index in [2.05, 4.69) is 18.7 Å². The molecule has 16 heavy (non-hydrogen) atoms. The first kappa shape index (κ1) is 12.4. The molecule has 0 aromatic heterocycles. The molecule has 0 radical (unpaired) electrons. The van der Waals surface area contributed by atoms with Crippen LogP contribution in [0.5, 0.6) is 0 Å². The number of rotatable bonds is 3. The molecule has 0 spiro atoms. The van der Waals surface area contributed by atoms with E-state index in [1.807, 2.05) is 0 Å². The average Bonchev–Trinajstić information content (AvgIpc) is 2.65. The van der Waals surface area contributed by atoms with Gasteiger partial charge in [-0.2, -0.15) is 0 Å². The first-order valence-electron chi connectivity index (χ1n) is 7.05. The minimum Gasteiger partial charge on any atom is -0.392 e. The molecule has 1 saturated carbocycles. The van der Waals surface area contributed by atoms with Gasteiger partial charge in [-0.05, 0) is 49.9 Å². The van der Waals surface area contributed by atoms with Crippen molar-refractivity contribution in [3.8, 4) is 0 Å². The largest absolute Gasteiger partial charge is 0.392 e. The summed E-state index contributed by atoms with van der Waals surface area (Å²) in [6.07, 6.45) is 6.62. The normalized spacial score (nSPS) is 37.1. The molecule has 94 valence electrons. The number of nitrogens with zero attached hydrogens (tertiary/aromatic N) is 1. The minimum absolute atomic E-state index is 0.0491. The van der Waals surface area contributed by atoms with Crippen molar-refractivity contribution < 1.29 is 5.11 Å². The molecule has 1 N–H and O–H groups in total. The van der Waals surface area contributed by atoms with Crippen molar-refractivity contribution in [3.63, 3.8) is 0 Å². The first-order valence-corrected chi connectivity index (χ1v) is 7.05. The Morgan fingerprint density at radius 2 is 1.81 bits per heavy atom. The first-order chi connectivity index (χ1) is 7.65. The summed E-state index contributed by atoms with van der Waals surface area (Å²) in [5, 5.41) is 9.50. The van der Waals surface area contributed by atoms with Crippen LogP contribution in [-0.2, 0) is 0 Å². The molecule has 2 fully saturated rings. The van der Waals surface area contributed by atoms with Crippen molar-refractivity contribution in [2.75, 3.05) is 19.6 Å². The van der Waals surface area contributed by atoms with E-state index in [1.54, 1.807) is 0 Å². The molecule has 0 aromatic carbocycles. The molecular weight excluding hydrogens is 198 g/mol.